The van der Waals surface area contributed by atoms with E-state index in [1.165, 1.54) is 0 Å². The number of ether oxygens (including phenoxy) is 2. The molecule has 33 heavy (non-hydrogen) atoms. The summed E-state index contributed by atoms with van der Waals surface area (Å²) in [7, 11) is 0. The van der Waals surface area contributed by atoms with Gasteiger partial charge in [0.2, 0.25) is 0 Å². The van der Waals surface area contributed by atoms with Gasteiger partial charge in [0, 0.05) is 56.7 Å². The Hall–Kier alpha value is -3.59. The molecule has 9 nitrogen and oxygen atoms in total. The second kappa shape index (κ2) is 9.11. The first-order valence-corrected chi connectivity index (χ1v) is 11.1. The third-order valence-corrected chi connectivity index (χ3v) is 6.18. The number of piperazine rings is 1. The lowest BCUT2D eigenvalue weighted by Gasteiger charge is -2.35. The van der Waals surface area contributed by atoms with E-state index in [1.54, 1.807) is 23.1 Å². The summed E-state index contributed by atoms with van der Waals surface area (Å²) in [5.41, 5.74) is 2.38. The lowest BCUT2D eigenvalue weighted by molar-refractivity contribution is 0.0299. The number of rotatable bonds is 5. The molecule has 0 saturated carbocycles. The minimum atomic E-state index is -0.535. The van der Waals surface area contributed by atoms with Crippen molar-refractivity contribution in [3.8, 4) is 5.75 Å². The van der Waals surface area contributed by atoms with Crippen LogP contribution in [0.3, 0.4) is 0 Å². The van der Waals surface area contributed by atoms with E-state index in [0.29, 0.717) is 68.8 Å². The predicted molar refractivity (Wildman–Crippen MR) is 120 cm³/mol. The largest absolute Gasteiger partial charge is 0.493 e. The van der Waals surface area contributed by atoms with Crippen LogP contribution in [0.25, 0.3) is 11.1 Å². The number of aromatic amines is 1. The van der Waals surface area contributed by atoms with Gasteiger partial charge in [-0.05, 0) is 24.3 Å². The van der Waals surface area contributed by atoms with Gasteiger partial charge >= 0.3 is 11.8 Å². The molecule has 0 spiro atoms. The number of benzene rings is 2. The van der Waals surface area contributed by atoms with E-state index >= 15 is 0 Å². The van der Waals surface area contributed by atoms with Crippen LogP contribution < -0.4 is 10.5 Å². The molecule has 3 heterocycles. The van der Waals surface area contributed by atoms with Crippen LogP contribution in [0.2, 0.25) is 0 Å². The van der Waals surface area contributed by atoms with Gasteiger partial charge < -0.3 is 18.8 Å². The van der Waals surface area contributed by atoms with E-state index in [1.807, 2.05) is 24.3 Å². The Morgan fingerprint density at radius 2 is 1.91 bits per heavy atom. The standard InChI is InChI=1S/C24H25N3O6/c28-19(16-5-6-18-22(15-16)32-23(29)25-18)7-9-26-10-12-27(13-11-26)24(30)33-21-8-14-31-20-4-2-1-3-17(20)21/h1-6,15,21H,7-14H2,(H,25,29). The van der Waals surface area contributed by atoms with Gasteiger partial charge in [-0.15, -0.1) is 0 Å². The highest BCUT2D eigenvalue weighted by Crippen LogP contribution is 2.34. The van der Waals surface area contributed by atoms with Crippen molar-refractivity contribution in [3.05, 3.63) is 64.1 Å². The van der Waals surface area contributed by atoms with Crippen LogP contribution in [0.1, 0.15) is 34.9 Å². The summed E-state index contributed by atoms with van der Waals surface area (Å²) in [6.45, 7) is 3.59. The van der Waals surface area contributed by atoms with E-state index in [9.17, 15) is 14.4 Å². The van der Waals surface area contributed by atoms with Crippen LogP contribution in [0.5, 0.6) is 5.75 Å². The number of hydrogen-bond acceptors (Lipinski definition) is 7. The SMILES string of the molecule is O=C(CCN1CCN(C(=O)OC2CCOc3ccccc32)CC1)c1ccc2[nH]c(=O)oc2c1. The van der Waals surface area contributed by atoms with Crippen molar-refractivity contribution in [2.24, 2.45) is 0 Å². The Morgan fingerprint density at radius 1 is 1.09 bits per heavy atom. The summed E-state index contributed by atoms with van der Waals surface area (Å²) in [5, 5.41) is 0. The Bertz CT molecular complexity index is 1220. The number of fused-ring (bicyclic) bond motifs is 2. The zero-order valence-electron chi connectivity index (χ0n) is 18.1. The van der Waals surface area contributed by atoms with Crippen LogP contribution in [-0.2, 0) is 4.74 Å². The molecule has 1 fully saturated rings. The molecule has 1 amide bonds. The van der Waals surface area contributed by atoms with Crippen molar-refractivity contribution in [2.45, 2.75) is 18.9 Å². The molecule has 0 radical (unpaired) electrons. The number of aromatic nitrogens is 1. The topological polar surface area (TPSA) is 105 Å². The van der Waals surface area contributed by atoms with Crippen LogP contribution in [0.4, 0.5) is 4.79 Å². The molecule has 2 aliphatic heterocycles. The van der Waals surface area contributed by atoms with E-state index in [2.05, 4.69) is 9.88 Å². The van der Waals surface area contributed by atoms with Crippen molar-refractivity contribution in [1.29, 1.82) is 0 Å². The lowest BCUT2D eigenvalue weighted by atomic mass is 10.0. The summed E-state index contributed by atoms with van der Waals surface area (Å²) in [4.78, 5) is 43.0. The maximum atomic E-state index is 12.7. The number of oxazole rings is 1. The maximum Gasteiger partial charge on any atom is 0.417 e. The van der Waals surface area contributed by atoms with Gasteiger partial charge in [-0.25, -0.2) is 9.59 Å². The first kappa shape index (κ1) is 21.3. The number of carbonyl (C=O) groups is 2. The van der Waals surface area contributed by atoms with Crippen molar-refractivity contribution in [2.75, 3.05) is 39.3 Å². The fourth-order valence-corrected chi connectivity index (χ4v) is 4.30. The van der Waals surface area contributed by atoms with Gasteiger partial charge in [-0.1, -0.05) is 18.2 Å². The van der Waals surface area contributed by atoms with Gasteiger partial charge in [0.05, 0.1) is 12.1 Å². The minimum absolute atomic E-state index is 0.0132. The Morgan fingerprint density at radius 3 is 2.76 bits per heavy atom. The smallest absolute Gasteiger partial charge is 0.417 e. The number of Topliss-reactive ketones (excluding diaryl/α,β-unsaturated/α-hetero) is 1. The van der Waals surface area contributed by atoms with E-state index < -0.39 is 5.76 Å². The number of amides is 1. The van der Waals surface area contributed by atoms with E-state index in [0.717, 1.165) is 11.3 Å². The number of H-pyrrole nitrogens is 1. The number of hydrogen-bond donors (Lipinski definition) is 1. The number of nitrogens with zero attached hydrogens (tertiary/aromatic N) is 2. The first-order valence-electron chi connectivity index (χ1n) is 11.1. The normalized spacial score (nSPS) is 18.5. The third-order valence-electron chi connectivity index (χ3n) is 6.18. The van der Waals surface area contributed by atoms with Gasteiger partial charge in [-0.3, -0.25) is 14.7 Å². The average Bonchev–Trinajstić information content (AvgIpc) is 3.22. The van der Waals surface area contributed by atoms with Crippen molar-refractivity contribution < 1.29 is 23.5 Å². The predicted octanol–water partition coefficient (Wildman–Crippen LogP) is 2.97. The number of ketones is 1. The first-order chi connectivity index (χ1) is 16.1. The Labute approximate surface area is 189 Å². The highest BCUT2D eigenvalue weighted by molar-refractivity contribution is 5.98. The summed E-state index contributed by atoms with van der Waals surface area (Å²) in [6, 6.07) is 12.6. The second-order valence-corrected chi connectivity index (χ2v) is 8.27. The zero-order valence-corrected chi connectivity index (χ0v) is 18.1. The third kappa shape index (κ3) is 4.63. The van der Waals surface area contributed by atoms with Gasteiger partial charge in [-0.2, -0.15) is 0 Å². The van der Waals surface area contributed by atoms with Gasteiger partial charge in [0.15, 0.2) is 11.4 Å². The average molecular weight is 451 g/mol. The van der Waals surface area contributed by atoms with Crippen LogP contribution >= 0.6 is 0 Å². The molecule has 1 saturated heterocycles. The van der Waals surface area contributed by atoms with Crippen LogP contribution in [0.15, 0.2) is 51.7 Å². The number of para-hydroxylation sites is 1. The second-order valence-electron chi connectivity index (χ2n) is 8.27. The highest BCUT2D eigenvalue weighted by atomic mass is 16.6. The fourth-order valence-electron chi connectivity index (χ4n) is 4.30. The van der Waals surface area contributed by atoms with Gasteiger partial charge in [0.25, 0.3) is 0 Å². The zero-order chi connectivity index (χ0) is 22.8. The Kier molecular flexibility index (Phi) is 5.87. The maximum absolute atomic E-state index is 12.7. The molecule has 1 N–H and O–H groups in total. The molecule has 2 aliphatic rings. The van der Waals surface area contributed by atoms with E-state index in [4.69, 9.17) is 13.9 Å². The summed E-state index contributed by atoms with van der Waals surface area (Å²) < 4.78 is 16.5. The highest BCUT2D eigenvalue weighted by Gasteiger charge is 2.28. The molecule has 1 aromatic heterocycles. The fraction of sp³-hybridized carbons (Fsp3) is 0.375. The Balaban J connectivity index is 1.10. The molecule has 2 aromatic carbocycles. The van der Waals surface area contributed by atoms with Crippen molar-refractivity contribution in [1.82, 2.24) is 14.8 Å². The molecule has 172 valence electrons. The molecule has 0 aliphatic carbocycles. The summed E-state index contributed by atoms with van der Waals surface area (Å²) in [5.74, 6) is 0.224. The quantitative estimate of drug-likeness (QED) is 0.595. The number of nitrogens with one attached hydrogen (secondary N) is 1. The van der Waals surface area contributed by atoms with Crippen LogP contribution in [-0.4, -0.2) is 66.0 Å². The van der Waals surface area contributed by atoms with Crippen LogP contribution in [0, 0.1) is 0 Å². The molecule has 1 atom stereocenters. The summed E-state index contributed by atoms with van der Waals surface area (Å²) in [6.07, 6.45) is 0.389. The number of carbonyl (C=O) groups excluding carboxylic acids is 2. The van der Waals surface area contributed by atoms with Crippen molar-refractivity contribution >= 4 is 23.0 Å². The van der Waals surface area contributed by atoms with Crippen molar-refractivity contribution in [3.63, 3.8) is 0 Å². The molecular formula is C24H25N3O6. The lowest BCUT2D eigenvalue weighted by Crippen LogP contribution is -2.49. The minimum Gasteiger partial charge on any atom is -0.493 e. The molecule has 0 bridgehead atoms. The molecule has 5 rings (SSSR count). The summed E-state index contributed by atoms with van der Waals surface area (Å²) >= 11 is 0. The molecule has 9 heteroatoms. The molecule has 3 aromatic rings. The monoisotopic (exact) mass is 451 g/mol. The molecule has 1 unspecified atom stereocenters. The van der Waals surface area contributed by atoms with E-state index in [-0.39, 0.29) is 18.0 Å². The van der Waals surface area contributed by atoms with Gasteiger partial charge in [0.1, 0.15) is 11.9 Å². The molecular weight excluding hydrogens is 426 g/mol.